The molecule has 4 aromatic carbocycles. The maximum Gasteiger partial charge on any atom is 0.224 e. The third kappa shape index (κ3) is 11.6. The van der Waals surface area contributed by atoms with Crippen molar-refractivity contribution in [3.63, 3.8) is 0 Å². The molecule has 2 fully saturated rings. The first-order chi connectivity index (χ1) is 26.9. The number of aliphatic hydroxyl groups is 1. The van der Waals surface area contributed by atoms with Crippen molar-refractivity contribution < 1.29 is 24.2 Å². The molecule has 1 aliphatic heterocycles. The molecule has 1 saturated carbocycles. The van der Waals surface area contributed by atoms with Gasteiger partial charge in [0.2, 0.25) is 11.8 Å². The molecule has 0 bridgehead atoms. The number of carbonyl (C=O) groups is 2. The average molecular weight is 745 g/mol. The van der Waals surface area contributed by atoms with Crippen LogP contribution in [0.5, 0.6) is 0 Å². The van der Waals surface area contributed by atoms with Gasteiger partial charge in [0.1, 0.15) is 0 Å². The molecule has 1 saturated heterocycles. The number of hydrogen-bond acceptors (Lipinski definition) is 7. The highest BCUT2D eigenvalue weighted by atomic mass is 16.7. The molecule has 0 radical (unpaired) electrons. The number of carbonyl (C=O) groups excluding carboxylic acids is 2. The topological polar surface area (TPSA) is 126 Å². The lowest BCUT2D eigenvalue weighted by molar-refractivity contribution is -0.253. The maximum absolute atomic E-state index is 12.6. The number of rotatable bonds is 18. The second-order valence-electron chi connectivity index (χ2n) is 14.8. The SMILES string of the molecule is C=CCN(CC1CC(c2ccc(CO)cc2)OC(c2ccc(-c3cccc(CNC(=O)CCCCCC(=O)Nc4ccccc4N)c3)cc2)O1)C1CCCC1. The predicted octanol–water partition coefficient (Wildman–Crippen LogP) is 8.61. The molecule has 2 aliphatic rings. The van der Waals surface area contributed by atoms with Crippen LogP contribution in [0.4, 0.5) is 11.4 Å². The van der Waals surface area contributed by atoms with Crippen LogP contribution in [0.2, 0.25) is 0 Å². The number of amides is 2. The zero-order valence-electron chi connectivity index (χ0n) is 31.8. The predicted molar refractivity (Wildman–Crippen MR) is 219 cm³/mol. The van der Waals surface area contributed by atoms with Crippen molar-refractivity contribution in [2.75, 3.05) is 24.1 Å². The molecule has 6 rings (SSSR count). The molecule has 1 aliphatic carbocycles. The van der Waals surface area contributed by atoms with Gasteiger partial charge in [-0.25, -0.2) is 0 Å². The van der Waals surface area contributed by atoms with Crippen molar-refractivity contribution in [3.05, 3.63) is 132 Å². The number of nitrogen functional groups attached to an aromatic ring is 1. The number of anilines is 2. The van der Waals surface area contributed by atoms with E-state index in [1.165, 1.54) is 25.7 Å². The number of benzene rings is 4. The van der Waals surface area contributed by atoms with Gasteiger partial charge in [-0.15, -0.1) is 6.58 Å². The lowest BCUT2D eigenvalue weighted by Gasteiger charge is -2.39. The minimum atomic E-state index is -0.517. The van der Waals surface area contributed by atoms with Crippen LogP contribution in [-0.2, 0) is 32.2 Å². The summed E-state index contributed by atoms with van der Waals surface area (Å²) < 4.78 is 13.3. The number of hydrogen-bond donors (Lipinski definition) is 4. The molecule has 4 aromatic rings. The van der Waals surface area contributed by atoms with E-state index in [1.807, 2.05) is 42.5 Å². The monoisotopic (exact) mass is 744 g/mol. The fourth-order valence-electron chi connectivity index (χ4n) is 7.66. The first-order valence-electron chi connectivity index (χ1n) is 19.8. The van der Waals surface area contributed by atoms with Gasteiger partial charge in [0, 0.05) is 50.5 Å². The lowest BCUT2D eigenvalue weighted by Crippen LogP contribution is -2.43. The molecule has 0 spiro atoms. The number of ether oxygens (including phenoxy) is 2. The summed E-state index contributed by atoms with van der Waals surface area (Å²) in [7, 11) is 0. The fraction of sp³-hybridized carbons (Fsp3) is 0.391. The Balaban J connectivity index is 1.01. The summed E-state index contributed by atoms with van der Waals surface area (Å²) in [6, 6.07) is 32.4. The van der Waals surface area contributed by atoms with E-state index in [9.17, 15) is 14.7 Å². The van der Waals surface area contributed by atoms with Gasteiger partial charge in [-0.05, 0) is 71.7 Å². The molecule has 9 heteroatoms. The van der Waals surface area contributed by atoms with Crippen LogP contribution in [0.25, 0.3) is 11.1 Å². The van der Waals surface area contributed by atoms with Gasteiger partial charge in [-0.3, -0.25) is 14.5 Å². The molecule has 9 nitrogen and oxygen atoms in total. The molecule has 3 atom stereocenters. The normalized spacial score (nSPS) is 18.6. The van der Waals surface area contributed by atoms with Crippen LogP contribution >= 0.6 is 0 Å². The second kappa shape index (κ2) is 20.2. The Bertz CT molecular complexity index is 1840. The van der Waals surface area contributed by atoms with E-state index in [0.717, 1.165) is 65.7 Å². The minimum absolute atomic E-state index is 0.000511. The van der Waals surface area contributed by atoms with E-state index in [0.29, 0.717) is 43.2 Å². The summed E-state index contributed by atoms with van der Waals surface area (Å²) in [4.78, 5) is 27.4. The highest BCUT2D eigenvalue weighted by Crippen LogP contribution is 2.39. The molecular weight excluding hydrogens is 689 g/mol. The number of para-hydroxylation sites is 2. The minimum Gasteiger partial charge on any atom is -0.397 e. The zero-order chi connectivity index (χ0) is 38.4. The van der Waals surface area contributed by atoms with Crippen molar-refractivity contribution in [2.45, 2.75) is 102 Å². The van der Waals surface area contributed by atoms with Crippen molar-refractivity contribution in [2.24, 2.45) is 0 Å². The smallest absolute Gasteiger partial charge is 0.224 e. The zero-order valence-corrected chi connectivity index (χ0v) is 31.8. The molecular formula is C46H56N4O5. The summed E-state index contributed by atoms with van der Waals surface area (Å²) in [5.41, 5.74) is 13.2. The van der Waals surface area contributed by atoms with E-state index in [2.05, 4.69) is 70.6 Å². The first-order valence-corrected chi connectivity index (χ1v) is 19.8. The highest BCUT2D eigenvalue weighted by Gasteiger charge is 2.34. The Morgan fingerprint density at radius 3 is 2.27 bits per heavy atom. The molecule has 55 heavy (non-hydrogen) atoms. The van der Waals surface area contributed by atoms with Crippen LogP contribution in [0, 0.1) is 0 Å². The van der Waals surface area contributed by atoms with Gasteiger partial charge in [0.25, 0.3) is 0 Å². The number of nitrogens with two attached hydrogens (primary N) is 1. The lowest BCUT2D eigenvalue weighted by atomic mass is 9.98. The Morgan fingerprint density at radius 2 is 1.55 bits per heavy atom. The van der Waals surface area contributed by atoms with E-state index in [-0.39, 0.29) is 30.6 Å². The van der Waals surface area contributed by atoms with Crippen LogP contribution in [0.1, 0.15) is 98.9 Å². The van der Waals surface area contributed by atoms with Crippen molar-refractivity contribution >= 4 is 23.2 Å². The Hall–Kier alpha value is -4.80. The fourth-order valence-corrected chi connectivity index (χ4v) is 7.66. The Kier molecular flexibility index (Phi) is 14.7. The molecule has 290 valence electrons. The van der Waals surface area contributed by atoms with Gasteiger partial charge >= 0.3 is 0 Å². The summed E-state index contributed by atoms with van der Waals surface area (Å²) in [6.45, 7) is 6.17. The van der Waals surface area contributed by atoms with Gasteiger partial charge in [-0.2, -0.15) is 0 Å². The van der Waals surface area contributed by atoms with Gasteiger partial charge in [0.15, 0.2) is 6.29 Å². The average Bonchev–Trinajstić information content (AvgIpc) is 3.76. The van der Waals surface area contributed by atoms with E-state index >= 15 is 0 Å². The largest absolute Gasteiger partial charge is 0.397 e. The highest BCUT2D eigenvalue weighted by molar-refractivity contribution is 5.93. The van der Waals surface area contributed by atoms with Gasteiger partial charge in [-0.1, -0.05) is 104 Å². The molecule has 3 unspecified atom stereocenters. The third-order valence-electron chi connectivity index (χ3n) is 10.7. The number of nitrogens with one attached hydrogen (secondary N) is 2. The summed E-state index contributed by atoms with van der Waals surface area (Å²) in [5.74, 6) is -0.0716. The number of unbranched alkanes of at least 4 members (excludes halogenated alkanes) is 2. The Labute approximate surface area is 325 Å². The number of nitrogens with zero attached hydrogens (tertiary/aromatic N) is 1. The summed E-state index contributed by atoms with van der Waals surface area (Å²) in [5, 5.41) is 15.5. The third-order valence-corrected chi connectivity index (χ3v) is 10.7. The molecule has 0 aromatic heterocycles. The Morgan fingerprint density at radius 1 is 0.818 bits per heavy atom. The quantitative estimate of drug-likeness (QED) is 0.0457. The van der Waals surface area contributed by atoms with Gasteiger partial charge < -0.3 is 30.9 Å². The van der Waals surface area contributed by atoms with Crippen LogP contribution in [0.15, 0.2) is 110 Å². The first kappa shape index (κ1) is 39.9. The summed E-state index contributed by atoms with van der Waals surface area (Å²) in [6.07, 6.45) is 10.1. The van der Waals surface area contributed by atoms with Crippen molar-refractivity contribution in [3.8, 4) is 11.1 Å². The van der Waals surface area contributed by atoms with Crippen LogP contribution in [-0.4, -0.2) is 47.1 Å². The van der Waals surface area contributed by atoms with Crippen LogP contribution in [0.3, 0.4) is 0 Å². The van der Waals surface area contributed by atoms with Crippen molar-refractivity contribution in [1.82, 2.24) is 10.2 Å². The van der Waals surface area contributed by atoms with E-state index < -0.39 is 6.29 Å². The molecule has 5 N–H and O–H groups in total. The molecule has 1 heterocycles. The maximum atomic E-state index is 12.6. The van der Waals surface area contributed by atoms with Crippen molar-refractivity contribution in [1.29, 1.82) is 0 Å². The van der Waals surface area contributed by atoms with Gasteiger partial charge in [0.05, 0.1) is 30.2 Å². The van der Waals surface area contributed by atoms with E-state index in [1.54, 1.807) is 12.1 Å². The molecule has 2 amide bonds. The second-order valence-corrected chi connectivity index (χ2v) is 14.8. The van der Waals surface area contributed by atoms with E-state index in [4.69, 9.17) is 15.2 Å². The van der Waals surface area contributed by atoms with Crippen LogP contribution < -0.4 is 16.4 Å². The number of aliphatic hydroxyl groups excluding tert-OH is 1. The summed E-state index contributed by atoms with van der Waals surface area (Å²) >= 11 is 0. The standard InChI is InChI=1S/C46H56N4O5/c1-2-27-50(39-13-6-7-14-39)31-40-29-43(36-21-19-33(32-51)20-22-36)55-46(54-40)37-25-23-35(24-26-37)38-12-10-11-34(28-38)30-48-44(52)17-4-3-5-18-45(53)49-42-16-9-8-15-41(42)47/h2,8-12,15-16,19-26,28,39-40,43,46,51H,1,3-7,13-14,17-18,27,29-32,47H2,(H,48,52)(H,49,53).